The van der Waals surface area contributed by atoms with E-state index in [-0.39, 0.29) is 17.5 Å². The number of rotatable bonds is 1. The molecule has 3 unspecified atom stereocenters. The number of hydrogen-bond donors (Lipinski definition) is 0. The summed E-state index contributed by atoms with van der Waals surface area (Å²) in [6, 6.07) is 0. The lowest BCUT2D eigenvalue weighted by molar-refractivity contribution is -0.132. The molecule has 0 aliphatic heterocycles. The molecule has 0 aromatic rings. The lowest BCUT2D eigenvalue weighted by atomic mass is 9.63. The van der Waals surface area contributed by atoms with Crippen LogP contribution in [0, 0.1) is 17.8 Å². The third-order valence-corrected chi connectivity index (χ3v) is 4.58. The molecule has 3 heteroatoms. The van der Waals surface area contributed by atoms with Gasteiger partial charge in [-0.05, 0) is 37.2 Å². The Labute approximate surface area is 107 Å². The van der Waals surface area contributed by atoms with Gasteiger partial charge in [-0.1, -0.05) is 6.08 Å². The minimum atomic E-state index is -0.0749. The number of Topliss-reactive ketones (excluding diaryl/α,β-unsaturated/α-hetero) is 2. The molecule has 0 aromatic carbocycles. The number of methoxy groups -OCH3 is 1. The molecule has 0 amide bonds. The first-order valence-corrected chi connectivity index (χ1v) is 6.71. The van der Waals surface area contributed by atoms with Crippen LogP contribution in [0.25, 0.3) is 0 Å². The minimum absolute atomic E-state index is 0.0749. The SMILES string of the molecule is COC1=C2C(=O)C3CC(=O)CCC3CC2CC=C1. The third-order valence-electron chi connectivity index (χ3n) is 4.58. The predicted molar refractivity (Wildman–Crippen MR) is 66.7 cm³/mol. The Morgan fingerprint density at radius 1 is 1.33 bits per heavy atom. The standard InChI is InChI=1S/C15H18O3/c1-18-13-4-2-3-10-7-9-5-6-11(16)8-12(9)15(17)14(10)13/h2,4,9-10,12H,3,5-8H2,1H3. The first kappa shape index (κ1) is 11.7. The largest absolute Gasteiger partial charge is 0.496 e. The van der Waals surface area contributed by atoms with Crippen molar-refractivity contribution < 1.29 is 14.3 Å². The molecule has 0 N–H and O–H groups in total. The van der Waals surface area contributed by atoms with Crippen molar-refractivity contribution in [2.45, 2.75) is 32.1 Å². The van der Waals surface area contributed by atoms with Crippen molar-refractivity contribution in [3.8, 4) is 0 Å². The fourth-order valence-electron chi connectivity index (χ4n) is 3.68. The summed E-state index contributed by atoms with van der Waals surface area (Å²) in [6.45, 7) is 0. The summed E-state index contributed by atoms with van der Waals surface area (Å²) < 4.78 is 5.32. The number of ketones is 2. The summed E-state index contributed by atoms with van der Waals surface area (Å²) in [4.78, 5) is 24.1. The number of fused-ring (bicyclic) bond motifs is 2. The molecule has 0 radical (unpaired) electrons. The second-order valence-electron chi connectivity index (χ2n) is 5.57. The van der Waals surface area contributed by atoms with Crippen LogP contribution in [0.4, 0.5) is 0 Å². The smallest absolute Gasteiger partial charge is 0.166 e. The molecule has 3 aliphatic rings. The second-order valence-corrected chi connectivity index (χ2v) is 5.57. The molecule has 0 aromatic heterocycles. The average Bonchev–Trinajstić information content (AvgIpc) is 2.39. The van der Waals surface area contributed by atoms with Crippen molar-refractivity contribution >= 4 is 11.6 Å². The van der Waals surface area contributed by atoms with E-state index in [1.165, 1.54) is 0 Å². The van der Waals surface area contributed by atoms with Crippen LogP contribution >= 0.6 is 0 Å². The van der Waals surface area contributed by atoms with E-state index in [1.54, 1.807) is 7.11 Å². The van der Waals surface area contributed by atoms with Crippen LogP contribution in [0.2, 0.25) is 0 Å². The highest BCUT2D eigenvalue weighted by atomic mass is 16.5. The molecule has 0 bridgehead atoms. The summed E-state index contributed by atoms with van der Waals surface area (Å²) >= 11 is 0. The molecular weight excluding hydrogens is 228 g/mol. The van der Waals surface area contributed by atoms with Gasteiger partial charge in [0.1, 0.15) is 11.5 Å². The van der Waals surface area contributed by atoms with Gasteiger partial charge in [-0.3, -0.25) is 9.59 Å². The monoisotopic (exact) mass is 246 g/mol. The summed E-state index contributed by atoms with van der Waals surface area (Å²) in [5.74, 6) is 1.78. The van der Waals surface area contributed by atoms with Crippen molar-refractivity contribution in [2.24, 2.45) is 17.8 Å². The van der Waals surface area contributed by atoms with Crippen LogP contribution in [0.1, 0.15) is 32.1 Å². The van der Waals surface area contributed by atoms with E-state index in [0.29, 0.717) is 30.4 Å². The highest BCUT2D eigenvalue weighted by Gasteiger charge is 2.44. The topological polar surface area (TPSA) is 43.4 Å². The number of allylic oxidation sites excluding steroid dienone is 3. The molecular formula is C15H18O3. The number of hydrogen-bond acceptors (Lipinski definition) is 3. The maximum Gasteiger partial charge on any atom is 0.166 e. The van der Waals surface area contributed by atoms with Gasteiger partial charge in [0, 0.05) is 24.3 Å². The van der Waals surface area contributed by atoms with E-state index in [0.717, 1.165) is 24.8 Å². The molecule has 18 heavy (non-hydrogen) atoms. The van der Waals surface area contributed by atoms with E-state index >= 15 is 0 Å². The van der Waals surface area contributed by atoms with Crippen molar-refractivity contribution in [1.82, 2.24) is 0 Å². The van der Waals surface area contributed by atoms with Crippen LogP contribution in [0.5, 0.6) is 0 Å². The third kappa shape index (κ3) is 1.73. The molecule has 96 valence electrons. The lowest BCUT2D eigenvalue weighted by Gasteiger charge is -2.40. The highest BCUT2D eigenvalue weighted by molar-refractivity contribution is 6.02. The van der Waals surface area contributed by atoms with Gasteiger partial charge < -0.3 is 4.74 Å². The summed E-state index contributed by atoms with van der Waals surface area (Å²) in [5, 5.41) is 0. The maximum absolute atomic E-state index is 12.6. The summed E-state index contributed by atoms with van der Waals surface area (Å²) in [5.41, 5.74) is 0.843. The zero-order valence-electron chi connectivity index (χ0n) is 10.6. The predicted octanol–water partition coefficient (Wildman–Crippen LogP) is 2.42. The van der Waals surface area contributed by atoms with Crippen molar-refractivity contribution in [3.63, 3.8) is 0 Å². The van der Waals surface area contributed by atoms with E-state index in [9.17, 15) is 9.59 Å². The van der Waals surface area contributed by atoms with Crippen LogP contribution in [-0.4, -0.2) is 18.7 Å². The van der Waals surface area contributed by atoms with Crippen molar-refractivity contribution in [2.75, 3.05) is 7.11 Å². The Morgan fingerprint density at radius 3 is 2.94 bits per heavy atom. The Balaban J connectivity index is 1.96. The van der Waals surface area contributed by atoms with Gasteiger partial charge in [0.25, 0.3) is 0 Å². The summed E-state index contributed by atoms with van der Waals surface area (Å²) in [6.07, 6.45) is 7.96. The Bertz CT molecular complexity index is 458. The minimum Gasteiger partial charge on any atom is -0.496 e. The van der Waals surface area contributed by atoms with Gasteiger partial charge in [0.2, 0.25) is 0 Å². The van der Waals surface area contributed by atoms with Crippen LogP contribution in [0.15, 0.2) is 23.5 Å². The Kier molecular flexibility index (Phi) is 2.84. The fraction of sp³-hybridized carbons (Fsp3) is 0.600. The van der Waals surface area contributed by atoms with Crippen LogP contribution in [-0.2, 0) is 14.3 Å². The summed E-state index contributed by atoms with van der Waals surface area (Å²) in [7, 11) is 1.61. The first-order chi connectivity index (χ1) is 8.70. The van der Waals surface area contributed by atoms with Gasteiger partial charge in [-0.25, -0.2) is 0 Å². The van der Waals surface area contributed by atoms with Crippen molar-refractivity contribution in [3.05, 3.63) is 23.5 Å². The fourth-order valence-corrected chi connectivity index (χ4v) is 3.68. The molecule has 0 saturated heterocycles. The normalized spacial score (nSPS) is 35.3. The van der Waals surface area contributed by atoms with E-state index in [2.05, 4.69) is 6.08 Å². The highest BCUT2D eigenvalue weighted by Crippen LogP contribution is 2.45. The molecule has 2 fully saturated rings. The number of carbonyl (C=O) groups excluding carboxylic acids is 2. The zero-order chi connectivity index (χ0) is 12.7. The van der Waals surface area contributed by atoms with Gasteiger partial charge in [0.05, 0.1) is 7.11 Å². The average molecular weight is 246 g/mol. The first-order valence-electron chi connectivity index (χ1n) is 6.71. The Morgan fingerprint density at radius 2 is 2.17 bits per heavy atom. The van der Waals surface area contributed by atoms with E-state index < -0.39 is 0 Å². The quantitative estimate of drug-likeness (QED) is 0.713. The lowest BCUT2D eigenvalue weighted by Crippen LogP contribution is -2.40. The number of carbonyl (C=O) groups is 2. The van der Waals surface area contributed by atoms with Crippen LogP contribution < -0.4 is 0 Å². The number of ether oxygens (including phenoxy) is 1. The molecule has 0 spiro atoms. The molecule has 2 saturated carbocycles. The zero-order valence-corrected chi connectivity index (χ0v) is 10.6. The van der Waals surface area contributed by atoms with Gasteiger partial charge in [0.15, 0.2) is 5.78 Å². The molecule has 3 rings (SSSR count). The van der Waals surface area contributed by atoms with E-state index in [1.807, 2.05) is 6.08 Å². The van der Waals surface area contributed by atoms with Gasteiger partial charge in [-0.2, -0.15) is 0 Å². The van der Waals surface area contributed by atoms with E-state index in [4.69, 9.17) is 4.74 Å². The van der Waals surface area contributed by atoms with Crippen molar-refractivity contribution in [1.29, 1.82) is 0 Å². The molecule has 3 atom stereocenters. The maximum atomic E-state index is 12.6. The van der Waals surface area contributed by atoms with Gasteiger partial charge >= 0.3 is 0 Å². The molecule has 3 nitrogen and oxygen atoms in total. The Hall–Kier alpha value is -1.38. The molecule has 0 heterocycles. The molecule has 3 aliphatic carbocycles. The van der Waals surface area contributed by atoms with Gasteiger partial charge in [-0.15, -0.1) is 0 Å². The second kappa shape index (κ2) is 4.38. The van der Waals surface area contributed by atoms with Crippen LogP contribution in [0.3, 0.4) is 0 Å².